The maximum Gasteiger partial charge on any atom is 0.338 e. The minimum atomic E-state index is -1.05. The number of aryl methyl sites for hydroxylation is 1. The summed E-state index contributed by atoms with van der Waals surface area (Å²) in [5.74, 6) is -1.05. The van der Waals surface area contributed by atoms with Crippen LogP contribution in [0.4, 0.5) is 9.80 Å². The van der Waals surface area contributed by atoms with E-state index in [1.165, 1.54) is 16.2 Å². The molecule has 112 valence electrons. The molecule has 0 saturated heterocycles. The molecule has 1 atom stereocenters. The van der Waals surface area contributed by atoms with Crippen LogP contribution in [0, 0.1) is 13.8 Å². The third kappa shape index (κ3) is 3.94. The lowest BCUT2D eigenvalue weighted by Crippen LogP contribution is -2.33. The van der Waals surface area contributed by atoms with Gasteiger partial charge in [-0.2, -0.15) is 0 Å². The highest BCUT2D eigenvalue weighted by atomic mass is 32.1. The Hall–Kier alpha value is -1.60. The summed E-state index contributed by atoms with van der Waals surface area (Å²) >= 11 is 1.25. The average molecular weight is 300 g/mol. The molecule has 0 bridgehead atoms. The highest BCUT2D eigenvalue weighted by Crippen LogP contribution is 2.32. The van der Waals surface area contributed by atoms with Gasteiger partial charge in [0.1, 0.15) is 5.00 Å². The molecule has 0 saturated carbocycles. The van der Waals surface area contributed by atoms with Crippen molar-refractivity contribution < 1.29 is 19.8 Å². The van der Waals surface area contributed by atoms with Crippen LogP contribution in [0.2, 0.25) is 0 Å². The number of anilines is 1. The van der Waals surface area contributed by atoms with Crippen LogP contribution in [0.3, 0.4) is 0 Å². The minimum Gasteiger partial charge on any atom is -0.478 e. The van der Waals surface area contributed by atoms with E-state index in [4.69, 9.17) is 0 Å². The fourth-order valence-electron chi connectivity index (χ4n) is 1.65. The summed E-state index contributed by atoms with van der Waals surface area (Å²) in [4.78, 5) is 25.5. The number of nitrogens with one attached hydrogen (secondary N) is 1. The maximum atomic E-state index is 12.0. The number of aliphatic hydroxyl groups excluding tert-OH is 1. The quantitative estimate of drug-likeness (QED) is 0.778. The second-order valence-corrected chi connectivity index (χ2v) is 6.01. The molecule has 20 heavy (non-hydrogen) atoms. The zero-order chi connectivity index (χ0) is 15.4. The topological polar surface area (TPSA) is 89.9 Å². The molecule has 7 heteroatoms. The smallest absolute Gasteiger partial charge is 0.338 e. The largest absolute Gasteiger partial charge is 0.478 e. The van der Waals surface area contributed by atoms with Crippen LogP contribution >= 0.6 is 11.3 Å². The van der Waals surface area contributed by atoms with Crippen LogP contribution in [0.5, 0.6) is 0 Å². The van der Waals surface area contributed by atoms with Gasteiger partial charge in [0.15, 0.2) is 0 Å². The van der Waals surface area contributed by atoms with Crippen molar-refractivity contribution in [3.63, 3.8) is 0 Å². The predicted molar refractivity (Wildman–Crippen MR) is 78.7 cm³/mol. The Balaban J connectivity index is 2.80. The van der Waals surface area contributed by atoms with Gasteiger partial charge < -0.3 is 15.1 Å². The number of thiophene rings is 1. The summed E-state index contributed by atoms with van der Waals surface area (Å²) in [6.45, 7) is 5.59. The Labute approximate surface area is 122 Å². The van der Waals surface area contributed by atoms with Gasteiger partial charge in [-0.3, -0.25) is 5.32 Å². The first-order valence-electron chi connectivity index (χ1n) is 6.27. The van der Waals surface area contributed by atoms with Crippen molar-refractivity contribution in [2.24, 2.45) is 0 Å². The molecule has 1 aromatic heterocycles. The number of carboxylic acids is 1. The third-order valence-corrected chi connectivity index (χ3v) is 4.17. The minimum absolute atomic E-state index is 0.143. The molecule has 0 aliphatic carbocycles. The molecule has 0 aliphatic heterocycles. The number of nitrogens with zero attached hydrogens (tertiary/aromatic N) is 1. The maximum absolute atomic E-state index is 12.0. The van der Waals surface area contributed by atoms with Gasteiger partial charge in [-0.15, -0.1) is 11.3 Å². The molecule has 1 rings (SSSR count). The highest BCUT2D eigenvalue weighted by Gasteiger charge is 2.21. The standard InChI is InChI=1S/C13H20N2O4S/c1-7(16)5-6-15(4)13(19)14-11-10(12(17)18)8(2)9(3)20-11/h7,16H,5-6H2,1-4H3,(H,14,19)(H,17,18). The van der Waals surface area contributed by atoms with Gasteiger partial charge in [-0.1, -0.05) is 0 Å². The molecule has 1 aromatic rings. The lowest BCUT2D eigenvalue weighted by molar-refractivity contribution is 0.0697. The van der Waals surface area contributed by atoms with Crippen molar-refractivity contribution in [3.8, 4) is 0 Å². The number of carbonyl (C=O) groups excluding carboxylic acids is 1. The second kappa shape index (κ2) is 6.71. The summed E-state index contributed by atoms with van der Waals surface area (Å²) in [6.07, 6.45) is -0.0101. The molecule has 2 amide bonds. The van der Waals surface area contributed by atoms with E-state index in [-0.39, 0.29) is 11.6 Å². The van der Waals surface area contributed by atoms with Crippen LogP contribution in [0.1, 0.15) is 34.1 Å². The lowest BCUT2D eigenvalue weighted by atomic mass is 10.1. The molecular weight excluding hydrogens is 280 g/mol. The molecule has 0 fully saturated rings. The van der Waals surface area contributed by atoms with Gasteiger partial charge in [-0.05, 0) is 32.8 Å². The molecule has 3 N–H and O–H groups in total. The van der Waals surface area contributed by atoms with Gasteiger partial charge in [-0.25, -0.2) is 9.59 Å². The first-order chi connectivity index (χ1) is 9.23. The van der Waals surface area contributed by atoms with Crippen molar-refractivity contribution in [2.75, 3.05) is 18.9 Å². The molecule has 0 spiro atoms. The van der Waals surface area contributed by atoms with Crippen molar-refractivity contribution in [1.29, 1.82) is 0 Å². The molecule has 0 aromatic carbocycles. The Morgan fingerprint density at radius 3 is 2.50 bits per heavy atom. The van der Waals surface area contributed by atoms with Crippen LogP contribution in [0.25, 0.3) is 0 Å². The van der Waals surface area contributed by atoms with E-state index in [1.807, 2.05) is 6.92 Å². The number of aliphatic hydroxyl groups is 1. The fraction of sp³-hybridized carbons (Fsp3) is 0.538. The first kappa shape index (κ1) is 16.5. The Morgan fingerprint density at radius 2 is 2.00 bits per heavy atom. The second-order valence-electron chi connectivity index (χ2n) is 4.78. The molecule has 6 nitrogen and oxygen atoms in total. The lowest BCUT2D eigenvalue weighted by Gasteiger charge is -2.18. The van der Waals surface area contributed by atoms with Crippen molar-refractivity contribution in [1.82, 2.24) is 4.90 Å². The van der Waals surface area contributed by atoms with Gasteiger partial charge in [0.2, 0.25) is 0 Å². The molecule has 1 heterocycles. The monoisotopic (exact) mass is 300 g/mol. The number of rotatable bonds is 5. The molecular formula is C13H20N2O4S. The number of carbonyl (C=O) groups is 2. The number of carboxylic acid groups (broad SMARTS) is 1. The van der Waals surface area contributed by atoms with Crippen LogP contribution < -0.4 is 5.32 Å². The zero-order valence-electron chi connectivity index (χ0n) is 12.1. The van der Waals surface area contributed by atoms with E-state index < -0.39 is 12.1 Å². The van der Waals surface area contributed by atoms with E-state index in [1.54, 1.807) is 20.9 Å². The third-order valence-electron chi connectivity index (χ3n) is 3.05. The summed E-state index contributed by atoms with van der Waals surface area (Å²) in [6, 6.07) is -0.380. The highest BCUT2D eigenvalue weighted by molar-refractivity contribution is 7.16. The summed E-state index contributed by atoms with van der Waals surface area (Å²) in [5.41, 5.74) is 0.814. The van der Waals surface area contributed by atoms with E-state index in [9.17, 15) is 19.8 Å². The fourth-order valence-corrected chi connectivity index (χ4v) is 2.69. The van der Waals surface area contributed by atoms with Crippen molar-refractivity contribution >= 4 is 28.3 Å². The van der Waals surface area contributed by atoms with Gasteiger partial charge in [0.05, 0.1) is 11.7 Å². The van der Waals surface area contributed by atoms with E-state index in [2.05, 4.69) is 5.32 Å². The van der Waals surface area contributed by atoms with Crippen LogP contribution in [-0.2, 0) is 0 Å². The number of amides is 2. The van der Waals surface area contributed by atoms with E-state index in [0.29, 0.717) is 23.5 Å². The van der Waals surface area contributed by atoms with E-state index in [0.717, 1.165) is 4.88 Å². The Morgan fingerprint density at radius 1 is 1.40 bits per heavy atom. The van der Waals surface area contributed by atoms with Gasteiger partial charge in [0, 0.05) is 18.5 Å². The number of hydrogen-bond donors (Lipinski definition) is 3. The Bertz CT molecular complexity index is 511. The van der Waals surface area contributed by atoms with Crippen LogP contribution in [0.15, 0.2) is 0 Å². The average Bonchev–Trinajstić information content (AvgIpc) is 2.61. The van der Waals surface area contributed by atoms with Gasteiger partial charge in [0.25, 0.3) is 0 Å². The zero-order valence-corrected chi connectivity index (χ0v) is 12.9. The molecule has 1 unspecified atom stereocenters. The van der Waals surface area contributed by atoms with Crippen molar-refractivity contribution in [2.45, 2.75) is 33.3 Å². The van der Waals surface area contributed by atoms with Crippen molar-refractivity contribution in [3.05, 3.63) is 16.0 Å². The summed E-state index contributed by atoms with van der Waals surface area (Å²) in [7, 11) is 1.60. The number of aromatic carboxylic acids is 1. The predicted octanol–water partition coefficient (Wildman–Crippen LogP) is 2.30. The molecule has 0 radical (unpaired) electrons. The normalized spacial score (nSPS) is 12.1. The Kier molecular flexibility index (Phi) is 5.52. The number of hydrogen-bond acceptors (Lipinski definition) is 4. The number of urea groups is 1. The van der Waals surface area contributed by atoms with Gasteiger partial charge >= 0.3 is 12.0 Å². The molecule has 0 aliphatic rings. The SMILES string of the molecule is Cc1sc(NC(=O)N(C)CCC(C)O)c(C(=O)O)c1C. The summed E-state index contributed by atoms with van der Waals surface area (Å²) in [5, 5.41) is 21.4. The van der Waals surface area contributed by atoms with Crippen LogP contribution in [-0.4, -0.2) is 46.8 Å². The van der Waals surface area contributed by atoms with E-state index >= 15 is 0 Å². The first-order valence-corrected chi connectivity index (χ1v) is 7.09. The summed E-state index contributed by atoms with van der Waals surface area (Å²) < 4.78 is 0.